The molecule has 0 aliphatic carbocycles. The molecular weight excluding hydrogens is 262 g/mol. The molecule has 1 heterocycles. The average molecular weight is 279 g/mol. The van der Waals surface area contributed by atoms with Gasteiger partial charge in [0.25, 0.3) is 0 Å². The van der Waals surface area contributed by atoms with E-state index >= 15 is 0 Å². The van der Waals surface area contributed by atoms with Gasteiger partial charge in [0.1, 0.15) is 0 Å². The fraction of sp³-hybridized carbons (Fsp3) is 0.429. The monoisotopic (exact) mass is 279 g/mol. The fourth-order valence-electron chi connectivity index (χ4n) is 1.80. The van der Waals surface area contributed by atoms with Gasteiger partial charge >= 0.3 is 0 Å². The number of ether oxygens (including phenoxy) is 1. The van der Waals surface area contributed by atoms with Gasteiger partial charge in [0.05, 0.1) is 19.0 Å². The lowest BCUT2D eigenvalue weighted by Gasteiger charge is -2.26. The van der Waals surface area contributed by atoms with Crippen molar-refractivity contribution in [2.45, 2.75) is 6.92 Å². The normalized spacial score (nSPS) is 15.3. The molecule has 5 heteroatoms. The minimum absolute atomic E-state index is 0.00811. The molecule has 0 atom stereocenters. The molecule has 102 valence electrons. The lowest BCUT2D eigenvalue weighted by molar-refractivity contribution is -0.132. The van der Waals surface area contributed by atoms with Crippen LogP contribution in [0.1, 0.15) is 15.9 Å². The van der Waals surface area contributed by atoms with Crippen LogP contribution in [0.4, 0.5) is 0 Å². The number of thioether (sulfide) groups is 1. The maximum absolute atomic E-state index is 11.9. The van der Waals surface area contributed by atoms with Crippen molar-refractivity contribution in [3.8, 4) is 0 Å². The van der Waals surface area contributed by atoms with E-state index in [2.05, 4.69) is 0 Å². The molecule has 2 rings (SSSR count). The number of carbonyl (C=O) groups excluding carboxylic acids is 2. The van der Waals surface area contributed by atoms with Gasteiger partial charge in [0.2, 0.25) is 11.0 Å². The summed E-state index contributed by atoms with van der Waals surface area (Å²) in [4.78, 5) is 25.5. The van der Waals surface area contributed by atoms with Gasteiger partial charge in [-0.25, -0.2) is 0 Å². The Balaban J connectivity index is 1.82. The molecule has 1 aromatic carbocycles. The first-order valence-corrected chi connectivity index (χ1v) is 7.24. The van der Waals surface area contributed by atoms with Crippen LogP contribution in [0.2, 0.25) is 0 Å². The fourth-order valence-corrected chi connectivity index (χ4v) is 2.54. The molecule has 0 radical (unpaired) electrons. The predicted molar refractivity (Wildman–Crippen MR) is 75.4 cm³/mol. The summed E-state index contributed by atoms with van der Waals surface area (Å²) >= 11 is 1.07. The molecule has 0 bridgehead atoms. The van der Waals surface area contributed by atoms with E-state index in [-0.39, 0.29) is 16.8 Å². The zero-order valence-corrected chi connectivity index (χ0v) is 11.7. The van der Waals surface area contributed by atoms with Gasteiger partial charge in [-0.15, -0.1) is 0 Å². The minimum atomic E-state index is -0.0541. The van der Waals surface area contributed by atoms with Crippen molar-refractivity contribution in [2.75, 3.05) is 32.1 Å². The van der Waals surface area contributed by atoms with Gasteiger partial charge in [-0.1, -0.05) is 41.6 Å². The summed E-state index contributed by atoms with van der Waals surface area (Å²) in [6.45, 7) is 4.39. The Morgan fingerprint density at radius 3 is 2.47 bits per heavy atom. The van der Waals surface area contributed by atoms with Gasteiger partial charge in [-0.2, -0.15) is 0 Å². The molecule has 0 aromatic heterocycles. The molecule has 4 nitrogen and oxygen atoms in total. The Morgan fingerprint density at radius 1 is 1.21 bits per heavy atom. The lowest BCUT2D eigenvalue weighted by atomic mass is 10.2. The van der Waals surface area contributed by atoms with Crippen LogP contribution in [0.3, 0.4) is 0 Å². The molecule has 1 amide bonds. The maximum atomic E-state index is 11.9. The highest BCUT2D eigenvalue weighted by Crippen LogP contribution is 2.14. The summed E-state index contributed by atoms with van der Waals surface area (Å²) in [6.07, 6.45) is 0. The molecule has 1 fully saturated rings. The predicted octanol–water partition coefficient (Wildman–Crippen LogP) is 1.73. The van der Waals surface area contributed by atoms with Crippen molar-refractivity contribution < 1.29 is 14.3 Å². The van der Waals surface area contributed by atoms with Crippen molar-refractivity contribution in [1.29, 1.82) is 0 Å². The van der Waals surface area contributed by atoms with Crippen LogP contribution in [0.5, 0.6) is 0 Å². The number of rotatable bonds is 3. The van der Waals surface area contributed by atoms with E-state index in [4.69, 9.17) is 4.74 Å². The molecule has 1 aliphatic rings. The smallest absolute Gasteiger partial charge is 0.233 e. The van der Waals surface area contributed by atoms with E-state index in [1.807, 2.05) is 19.1 Å². The Hall–Kier alpha value is -1.33. The third-order valence-corrected chi connectivity index (χ3v) is 3.87. The second kappa shape index (κ2) is 6.73. The van der Waals surface area contributed by atoms with Crippen LogP contribution in [0.15, 0.2) is 24.3 Å². The molecule has 0 spiro atoms. The van der Waals surface area contributed by atoms with E-state index < -0.39 is 0 Å². The largest absolute Gasteiger partial charge is 0.378 e. The minimum Gasteiger partial charge on any atom is -0.378 e. The number of carbonyl (C=O) groups is 2. The third kappa shape index (κ3) is 4.08. The number of morpholine rings is 1. The molecular formula is C14H17NO3S. The van der Waals surface area contributed by atoms with Crippen molar-refractivity contribution in [3.05, 3.63) is 35.4 Å². The molecule has 0 saturated carbocycles. The van der Waals surface area contributed by atoms with Crippen molar-refractivity contribution in [1.82, 2.24) is 4.90 Å². The number of nitrogens with zero attached hydrogens (tertiary/aromatic N) is 1. The SMILES string of the molecule is Cc1ccc(C(=O)SCC(=O)N2CCOCC2)cc1. The Morgan fingerprint density at radius 2 is 1.84 bits per heavy atom. The van der Waals surface area contributed by atoms with Crippen molar-refractivity contribution in [3.63, 3.8) is 0 Å². The van der Waals surface area contributed by atoms with Gasteiger partial charge in [0.15, 0.2) is 0 Å². The number of amides is 1. The van der Waals surface area contributed by atoms with Crippen molar-refractivity contribution in [2.24, 2.45) is 0 Å². The van der Waals surface area contributed by atoms with E-state index in [1.54, 1.807) is 17.0 Å². The second-order valence-corrected chi connectivity index (χ2v) is 5.38. The summed E-state index contributed by atoms with van der Waals surface area (Å²) in [5.41, 5.74) is 1.76. The van der Waals surface area contributed by atoms with E-state index in [9.17, 15) is 9.59 Å². The average Bonchev–Trinajstić information content (AvgIpc) is 2.46. The summed E-state index contributed by atoms with van der Waals surface area (Å²) in [6, 6.07) is 7.39. The molecule has 1 aliphatic heterocycles. The third-order valence-electron chi connectivity index (χ3n) is 2.98. The topological polar surface area (TPSA) is 46.6 Å². The first-order valence-electron chi connectivity index (χ1n) is 6.26. The molecule has 1 aromatic rings. The van der Waals surface area contributed by atoms with Crippen LogP contribution in [-0.4, -0.2) is 48.0 Å². The van der Waals surface area contributed by atoms with Crippen LogP contribution in [-0.2, 0) is 9.53 Å². The van der Waals surface area contributed by atoms with Gasteiger partial charge < -0.3 is 9.64 Å². The standard InChI is InChI=1S/C14H17NO3S/c1-11-2-4-12(5-3-11)14(17)19-10-13(16)15-6-8-18-9-7-15/h2-5H,6-10H2,1H3. The van der Waals surface area contributed by atoms with E-state index in [0.717, 1.165) is 17.3 Å². The van der Waals surface area contributed by atoms with Gasteiger partial charge in [-0.05, 0) is 6.92 Å². The molecule has 0 unspecified atom stereocenters. The Kier molecular flexibility index (Phi) is 4.99. The lowest BCUT2D eigenvalue weighted by Crippen LogP contribution is -2.41. The first-order chi connectivity index (χ1) is 9.16. The number of aryl methyl sites for hydroxylation is 1. The van der Waals surface area contributed by atoms with Crippen LogP contribution >= 0.6 is 11.8 Å². The van der Waals surface area contributed by atoms with Gasteiger partial charge in [-0.3, -0.25) is 9.59 Å². The highest BCUT2D eigenvalue weighted by Gasteiger charge is 2.18. The molecule has 0 N–H and O–H groups in total. The highest BCUT2D eigenvalue weighted by molar-refractivity contribution is 8.14. The molecule has 1 saturated heterocycles. The van der Waals surface area contributed by atoms with E-state index in [0.29, 0.717) is 31.9 Å². The number of benzene rings is 1. The zero-order chi connectivity index (χ0) is 13.7. The summed E-state index contributed by atoms with van der Waals surface area (Å²) in [7, 11) is 0. The van der Waals surface area contributed by atoms with Crippen LogP contribution in [0, 0.1) is 6.92 Å². The number of hydrogen-bond donors (Lipinski definition) is 0. The zero-order valence-electron chi connectivity index (χ0n) is 10.9. The Bertz CT molecular complexity index is 452. The summed E-state index contributed by atoms with van der Waals surface area (Å²) < 4.78 is 5.19. The first kappa shape index (κ1) is 14.1. The van der Waals surface area contributed by atoms with Crippen LogP contribution in [0.25, 0.3) is 0 Å². The van der Waals surface area contributed by atoms with E-state index in [1.165, 1.54) is 0 Å². The number of hydrogen-bond acceptors (Lipinski definition) is 4. The Labute approximate surface area is 117 Å². The maximum Gasteiger partial charge on any atom is 0.233 e. The summed E-state index contributed by atoms with van der Waals surface area (Å²) in [5.74, 6) is 0.209. The van der Waals surface area contributed by atoms with Crippen LogP contribution < -0.4 is 0 Å². The van der Waals surface area contributed by atoms with Gasteiger partial charge in [0, 0.05) is 18.7 Å². The quantitative estimate of drug-likeness (QED) is 0.845. The summed E-state index contributed by atoms with van der Waals surface area (Å²) in [5, 5.41) is -0.0541. The van der Waals surface area contributed by atoms with Crippen molar-refractivity contribution >= 4 is 22.8 Å². The molecule has 19 heavy (non-hydrogen) atoms. The second-order valence-electron chi connectivity index (χ2n) is 4.44. The highest BCUT2D eigenvalue weighted by atomic mass is 32.2.